The normalized spacial score (nSPS) is 22.4. The minimum Gasteiger partial charge on any atom is -0.352 e. The van der Waals surface area contributed by atoms with Crippen molar-refractivity contribution in [1.29, 1.82) is 0 Å². The lowest BCUT2D eigenvalue weighted by atomic mass is 9.96. The molecule has 3 aliphatic rings. The second kappa shape index (κ2) is 7.11. The number of fused-ring (bicyclic) bond motifs is 3. The van der Waals surface area contributed by atoms with Gasteiger partial charge in [-0.3, -0.25) is 4.98 Å². The molecule has 0 amide bonds. The van der Waals surface area contributed by atoms with E-state index in [2.05, 4.69) is 25.2 Å². The lowest BCUT2D eigenvalue weighted by molar-refractivity contribution is -0.140. The molecule has 10 heteroatoms. The number of anilines is 1. The number of hydrogen-bond acceptors (Lipinski definition) is 6. The fourth-order valence-corrected chi connectivity index (χ4v) is 5.65. The van der Waals surface area contributed by atoms with Gasteiger partial charge >= 0.3 is 6.18 Å². The molecule has 0 bridgehead atoms. The summed E-state index contributed by atoms with van der Waals surface area (Å²) in [6, 6.07) is 3.18. The number of aromatic nitrogens is 5. The quantitative estimate of drug-likeness (QED) is 0.471. The second-order valence-electron chi connectivity index (χ2n) is 9.55. The van der Waals surface area contributed by atoms with Crippen LogP contribution in [0.4, 0.5) is 19.0 Å². The summed E-state index contributed by atoms with van der Waals surface area (Å²) in [6.45, 7) is 2.99. The molecule has 2 unspecified atom stereocenters. The molecular weight excluding hydrogens is 443 g/mol. The molecule has 6 heterocycles. The topological polar surface area (TPSA) is 82.6 Å². The Morgan fingerprint density at radius 1 is 1.12 bits per heavy atom. The fraction of sp³-hybridized carbons (Fsp3) is 0.417. The first-order valence-electron chi connectivity index (χ1n) is 11.7. The van der Waals surface area contributed by atoms with Gasteiger partial charge in [0, 0.05) is 47.2 Å². The van der Waals surface area contributed by atoms with E-state index in [-0.39, 0.29) is 5.65 Å². The highest BCUT2D eigenvalue weighted by Gasteiger charge is 2.49. The molecule has 1 aliphatic carbocycles. The predicted molar refractivity (Wildman–Crippen MR) is 122 cm³/mol. The smallest absolute Gasteiger partial charge is 0.352 e. The molecule has 7 nitrogen and oxygen atoms in total. The van der Waals surface area contributed by atoms with Crippen LogP contribution in [-0.4, -0.2) is 50.6 Å². The Balaban J connectivity index is 1.39. The first-order chi connectivity index (χ1) is 16.5. The van der Waals surface area contributed by atoms with Gasteiger partial charge in [0.15, 0.2) is 5.82 Å². The van der Waals surface area contributed by atoms with Gasteiger partial charge in [-0.25, -0.2) is 15.0 Å². The van der Waals surface area contributed by atoms with Crippen molar-refractivity contribution in [2.45, 2.75) is 37.4 Å². The van der Waals surface area contributed by atoms with Crippen LogP contribution in [0.3, 0.4) is 0 Å². The number of pyridine rings is 2. The Labute approximate surface area is 192 Å². The molecule has 1 saturated heterocycles. The van der Waals surface area contributed by atoms with Crippen molar-refractivity contribution >= 4 is 27.8 Å². The summed E-state index contributed by atoms with van der Waals surface area (Å²) in [5.74, 6) is 2.32. The lowest BCUT2D eigenvalue weighted by Crippen LogP contribution is -2.39. The van der Waals surface area contributed by atoms with Crippen LogP contribution in [0.5, 0.6) is 0 Å². The fourth-order valence-electron chi connectivity index (χ4n) is 5.65. The highest BCUT2D eigenvalue weighted by molar-refractivity contribution is 5.98. The molecule has 4 aromatic heterocycles. The van der Waals surface area contributed by atoms with E-state index in [9.17, 15) is 13.2 Å². The van der Waals surface area contributed by atoms with Gasteiger partial charge < -0.3 is 15.2 Å². The van der Waals surface area contributed by atoms with Crippen LogP contribution in [-0.2, 0) is 6.18 Å². The Morgan fingerprint density at radius 3 is 2.79 bits per heavy atom. The van der Waals surface area contributed by atoms with E-state index in [1.54, 1.807) is 12.3 Å². The van der Waals surface area contributed by atoms with Gasteiger partial charge in [0.1, 0.15) is 17.2 Å². The van der Waals surface area contributed by atoms with Crippen LogP contribution in [0.2, 0.25) is 0 Å². The molecule has 2 N–H and O–H groups in total. The maximum Gasteiger partial charge on any atom is 0.431 e. The SMILES string of the molecule is FC(F)(F)c1cc2c(-c3nc4c5c(cncc5n3)C3CC3N4CC3CCNCC3)ccnc2[nH]1. The number of halogens is 3. The van der Waals surface area contributed by atoms with Crippen molar-refractivity contribution < 1.29 is 13.2 Å². The third kappa shape index (κ3) is 3.08. The molecular formula is C24H22F3N7. The maximum atomic E-state index is 13.4. The van der Waals surface area contributed by atoms with Gasteiger partial charge in [0.2, 0.25) is 0 Å². The van der Waals surface area contributed by atoms with Crippen LogP contribution < -0.4 is 10.2 Å². The van der Waals surface area contributed by atoms with Gasteiger partial charge in [0.25, 0.3) is 0 Å². The molecule has 34 heavy (non-hydrogen) atoms. The first kappa shape index (κ1) is 20.1. The number of nitrogens with one attached hydrogen (secondary N) is 2. The maximum absolute atomic E-state index is 13.4. The summed E-state index contributed by atoms with van der Waals surface area (Å²) in [6.07, 6.45) is 4.00. The molecule has 0 spiro atoms. The van der Waals surface area contributed by atoms with E-state index in [0.29, 0.717) is 34.7 Å². The average molecular weight is 465 g/mol. The van der Waals surface area contributed by atoms with Crippen molar-refractivity contribution in [3.8, 4) is 11.4 Å². The van der Waals surface area contributed by atoms with E-state index in [0.717, 1.165) is 61.7 Å². The molecule has 7 rings (SSSR count). The van der Waals surface area contributed by atoms with E-state index in [4.69, 9.17) is 9.97 Å². The monoisotopic (exact) mass is 465 g/mol. The predicted octanol–water partition coefficient (Wildman–Crippen LogP) is 4.26. The average Bonchev–Trinajstić information content (AvgIpc) is 3.50. The van der Waals surface area contributed by atoms with Crippen molar-refractivity contribution in [2.24, 2.45) is 5.92 Å². The molecule has 2 fully saturated rings. The minimum atomic E-state index is -4.49. The van der Waals surface area contributed by atoms with Crippen molar-refractivity contribution in [2.75, 3.05) is 24.5 Å². The third-order valence-electron chi connectivity index (χ3n) is 7.44. The van der Waals surface area contributed by atoms with Gasteiger partial charge in [-0.1, -0.05) is 0 Å². The van der Waals surface area contributed by atoms with Gasteiger partial charge in [0.05, 0.1) is 11.7 Å². The Morgan fingerprint density at radius 2 is 1.97 bits per heavy atom. The highest BCUT2D eigenvalue weighted by atomic mass is 19.4. The van der Waals surface area contributed by atoms with Gasteiger partial charge in [-0.05, 0) is 56.0 Å². The van der Waals surface area contributed by atoms with E-state index in [1.165, 1.54) is 11.8 Å². The van der Waals surface area contributed by atoms with Crippen LogP contribution >= 0.6 is 0 Å². The number of nitrogens with zero attached hydrogens (tertiary/aromatic N) is 5. The summed E-state index contributed by atoms with van der Waals surface area (Å²) in [4.78, 5) is 23.1. The Kier molecular flexibility index (Phi) is 4.21. The first-order valence-corrected chi connectivity index (χ1v) is 11.7. The lowest BCUT2D eigenvalue weighted by Gasteiger charge is -2.34. The standard InChI is InChI=1S/C24H22F3N7/c25-24(26,27)19-8-15-13(3-6-30-21(15)32-19)22-31-17-10-29-9-16-14-7-18(14)34(23(33-22)20(16)17)11-12-1-4-28-5-2-12/h3,6,8-10,12,14,18,28H,1-2,4-5,7,11H2,(H,30,32). The van der Waals surface area contributed by atoms with Crippen LogP contribution in [0.25, 0.3) is 33.3 Å². The van der Waals surface area contributed by atoms with Crippen LogP contribution in [0.15, 0.2) is 30.7 Å². The Bertz CT molecular complexity index is 1420. The van der Waals surface area contributed by atoms with E-state index >= 15 is 0 Å². The molecule has 0 aromatic carbocycles. The number of aromatic amines is 1. The van der Waals surface area contributed by atoms with Crippen LogP contribution in [0, 0.1) is 5.92 Å². The van der Waals surface area contributed by atoms with Crippen molar-refractivity contribution in [3.05, 3.63) is 42.0 Å². The second-order valence-corrected chi connectivity index (χ2v) is 9.55. The molecule has 0 radical (unpaired) electrons. The summed E-state index contributed by atoms with van der Waals surface area (Å²) < 4.78 is 40.1. The summed E-state index contributed by atoms with van der Waals surface area (Å²) in [7, 11) is 0. The Hall–Kier alpha value is -3.27. The van der Waals surface area contributed by atoms with E-state index < -0.39 is 11.9 Å². The number of alkyl halides is 3. The molecule has 4 aromatic rings. The van der Waals surface area contributed by atoms with Gasteiger partial charge in [-0.2, -0.15) is 13.2 Å². The highest BCUT2D eigenvalue weighted by Crippen LogP contribution is 2.54. The van der Waals surface area contributed by atoms with Crippen LogP contribution in [0.1, 0.15) is 36.4 Å². The largest absolute Gasteiger partial charge is 0.431 e. The molecule has 2 aliphatic heterocycles. The third-order valence-corrected chi connectivity index (χ3v) is 7.44. The summed E-state index contributed by atoms with van der Waals surface area (Å²) in [5, 5.41) is 4.81. The summed E-state index contributed by atoms with van der Waals surface area (Å²) in [5.41, 5.74) is 1.78. The molecule has 174 valence electrons. The number of rotatable bonds is 3. The zero-order valence-electron chi connectivity index (χ0n) is 18.2. The van der Waals surface area contributed by atoms with Crippen molar-refractivity contribution in [3.63, 3.8) is 0 Å². The molecule has 2 atom stereocenters. The zero-order valence-corrected chi connectivity index (χ0v) is 18.2. The van der Waals surface area contributed by atoms with E-state index in [1.807, 2.05) is 6.20 Å². The van der Waals surface area contributed by atoms with Crippen molar-refractivity contribution in [1.82, 2.24) is 30.2 Å². The number of hydrogen-bond donors (Lipinski definition) is 2. The number of H-pyrrole nitrogens is 1. The summed E-state index contributed by atoms with van der Waals surface area (Å²) >= 11 is 0. The number of piperidine rings is 1. The minimum absolute atomic E-state index is 0.169. The van der Waals surface area contributed by atoms with Gasteiger partial charge in [-0.15, -0.1) is 0 Å². The molecule has 1 saturated carbocycles. The zero-order chi connectivity index (χ0) is 23.0.